The second-order valence-corrected chi connectivity index (χ2v) is 5.91. The minimum absolute atomic E-state index is 0.0283. The Bertz CT molecular complexity index is 537. The van der Waals surface area contributed by atoms with Gasteiger partial charge in [0.05, 0.1) is 11.9 Å². The Kier molecular flexibility index (Phi) is 3.58. The summed E-state index contributed by atoms with van der Waals surface area (Å²) in [5.41, 5.74) is -0.177. The SMILES string of the molecule is CCC1(C)NC(=O)C(C(C)C)N(c2cnn(C)c2)C1=O. The number of aromatic nitrogens is 2. The van der Waals surface area contributed by atoms with Crippen molar-refractivity contribution < 1.29 is 9.59 Å². The summed E-state index contributed by atoms with van der Waals surface area (Å²) in [5.74, 6) is -0.153. The fourth-order valence-corrected chi connectivity index (χ4v) is 2.56. The fraction of sp³-hybridized carbons (Fsp3) is 0.643. The molecule has 1 fully saturated rings. The Balaban J connectivity index is 2.50. The van der Waals surface area contributed by atoms with Gasteiger partial charge in [-0.1, -0.05) is 20.8 Å². The number of aryl methyl sites for hydroxylation is 1. The smallest absolute Gasteiger partial charge is 0.253 e. The summed E-state index contributed by atoms with van der Waals surface area (Å²) in [6.07, 6.45) is 3.95. The van der Waals surface area contributed by atoms with Crippen LogP contribution in [-0.4, -0.2) is 33.2 Å². The van der Waals surface area contributed by atoms with Crippen LogP contribution in [-0.2, 0) is 16.6 Å². The molecule has 0 aliphatic carbocycles. The molecule has 2 amide bonds. The van der Waals surface area contributed by atoms with Crippen LogP contribution >= 0.6 is 0 Å². The van der Waals surface area contributed by atoms with Gasteiger partial charge in [0.15, 0.2) is 0 Å². The van der Waals surface area contributed by atoms with Crippen LogP contribution in [0.5, 0.6) is 0 Å². The Morgan fingerprint density at radius 2 is 2.10 bits per heavy atom. The molecular formula is C14H22N4O2. The lowest BCUT2D eigenvalue weighted by Crippen LogP contribution is -2.70. The molecule has 1 N–H and O–H groups in total. The van der Waals surface area contributed by atoms with Gasteiger partial charge in [-0.3, -0.25) is 19.2 Å². The summed E-state index contributed by atoms with van der Waals surface area (Å²) in [4.78, 5) is 26.8. The third-order valence-corrected chi connectivity index (χ3v) is 3.94. The van der Waals surface area contributed by atoms with Crippen molar-refractivity contribution >= 4 is 17.5 Å². The zero-order chi connectivity index (χ0) is 15.1. The maximum Gasteiger partial charge on any atom is 0.253 e. The van der Waals surface area contributed by atoms with Crippen LogP contribution in [0.4, 0.5) is 5.69 Å². The molecule has 2 atom stereocenters. The summed E-state index contributed by atoms with van der Waals surface area (Å²) in [5, 5.41) is 6.98. The van der Waals surface area contributed by atoms with Crippen LogP contribution < -0.4 is 10.2 Å². The molecular weight excluding hydrogens is 256 g/mol. The summed E-state index contributed by atoms with van der Waals surface area (Å²) in [6.45, 7) is 7.55. The van der Waals surface area contributed by atoms with Crippen molar-refractivity contribution in [3.05, 3.63) is 12.4 Å². The molecule has 2 heterocycles. The van der Waals surface area contributed by atoms with Crippen molar-refractivity contribution in [2.45, 2.75) is 45.7 Å². The molecule has 0 radical (unpaired) electrons. The van der Waals surface area contributed by atoms with Crippen molar-refractivity contribution in [3.8, 4) is 0 Å². The van der Waals surface area contributed by atoms with Gasteiger partial charge in [0.1, 0.15) is 11.6 Å². The summed E-state index contributed by atoms with van der Waals surface area (Å²) in [6, 6.07) is -0.494. The molecule has 1 aromatic rings. The van der Waals surface area contributed by atoms with E-state index in [4.69, 9.17) is 0 Å². The lowest BCUT2D eigenvalue weighted by molar-refractivity contribution is -0.138. The second kappa shape index (κ2) is 4.92. The van der Waals surface area contributed by atoms with Gasteiger partial charge in [-0.2, -0.15) is 5.10 Å². The monoisotopic (exact) mass is 278 g/mol. The van der Waals surface area contributed by atoms with E-state index in [1.807, 2.05) is 20.8 Å². The van der Waals surface area contributed by atoms with Crippen molar-refractivity contribution in [2.24, 2.45) is 13.0 Å². The van der Waals surface area contributed by atoms with E-state index in [-0.39, 0.29) is 17.7 Å². The number of anilines is 1. The average molecular weight is 278 g/mol. The minimum Gasteiger partial charge on any atom is -0.340 e. The van der Waals surface area contributed by atoms with Gasteiger partial charge in [0.2, 0.25) is 5.91 Å². The number of nitrogens with zero attached hydrogens (tertiary/aromatic N) is 3. The topological polar surface area (TPSA) is 67.2 Å². The molecule has 1 aliphatic rings. The van der Waals surface area contributed by atoms with E-state index in [1.54, 1.807) is 35.9 Å². The third-order valence-electron chi connectivity index (χ3n) is 3.94. The van der Waals surface area contributed by atoms with Gasteiger partial charge in [0.25, 0.3) is 5.91 Å². The van der Waals surface area contributed by atoms with Crippen molar-refractivity contribution in [2.75, 3.05) is 4.90 Å². The molecule has 0 spiro atoms. The molecule has 0 saturated carbocycles. The minimum atomic E-state index is -0.849. The number of carbonyl (C=O) groups excluding carboxylic acids is 2. The van der Waals surface area contributed by atoms with Crippen molar-refractivity contribution in [1.29, 1.82) is 0 Å². The highest BCUT2D eigenvalue weighted by molar-refractivity contribution is 6.10. The number of amides is 2. The first-order valence-electron chi connectivity index (χ1n) is 6.94. The van der Waals surface area contributed by atoms with E-state index in [0.29, 0.717) is 12.1 Å². The molecule has 0 bridgehead atoms. The molecule has 1 saturated heterocycles. The molecule has 1 aliphatic heterocycles. The number of rotatable bonds is 3. The third kappa shape index (κ3) is 2.19. The van der Waals surface area contributed by atoms with E-state index in [0.717, 1.165) is 0 Å². The Hall–Kier alpha value is -1.85. The first-order valence-corrected chi connectivity index (χ1v) is 6.94. The van der Waals surface area contributed by atoms with Crippen LogP contribution in [0.1, 0.15) is 34.1 Å². The lowest BCUT2D eigenvalue weighted by atomic mass is 9.88. The van der Waals surface area contributed by atoms with Crippen molar-refractivity contribution in [3.63, 3.8) is 0 Å². The maximum absolute atomic E-state index is 12.8. The predicted octanol–water partition coefficient (Wildman–Crippen LogP) is 1.08. The highest BCUT2D eigenvalue weighted by Crippen LogP contribution is 2.29. The molecule has 110 valence electrons. The van der Waals surface area contributed by atoms with Gasteiger partial charge < -0.3 is 5.32 Å². The normalized spacial score (nSPS) is 27.1. The average Bonchev–Trinajstić information content (AvgIpc) is 2.79. The first-order chi connectivity index (χ1) is 9.30. The van der Waals surface area contributed by atoms with Crippen LogP contribution in [0.15, 0.2) is 12.4 Å². The first kappa shape index (κ1) is 14.6. The zero-order valence-electron chi connectivity index (χ0n) is 12.7. The fourth-order valence-electron chi connectivity index (χ4n) is 2.56. The molecule has 2 unspecified atom stereocenters. The second-order valence-electron chi connectivity index (χ2n) is 5.91. The Morgan fingerprint density at radius 1 is 1.45 bits per heavy atom. The number of nitrogens with one attached hydrogen (secondary N) is 1. The van der Waals surface area contributed by atoms with E-state index in [1.165, 1.54) is 0 Å². The summed E-state index contributed by atoms with van der Waals surface area (Å²) in [7, 11) is 1.79. The Labute approximate surface area is 119 Å². The van der Waals surface area contributed by atoms with Crippen LogP contribution in [0, 0.1) is 5.92 Å². The van der Waals surface area contributed by atoms with Gasteiger partial charge in [-0.25, -0.2) is 0 Å². The van der Waals surface area contributed by atoms with Gasteiger partial charge in [-0.05, 0) is 19.3 Å². The lowest BCUT2D eigenvalue weighted by Gasteiger charge is -2.44. The van der Waals surface area contributed by atoms with Crippen LogP contribution in [0.2, 0.25) is 0 Å². The number of piperazine rings is 1. The number of carbonyl (C=O) groups is 2. The van der Waals surface area contributed by atoms with Gasteiger partial charge in [-0.15, -0.1) is 0 Å². The van der Waals surface area contributed by atoms with E-state index in [9.17, 15) is 9.59 Å². The summed E-state index contributed by atoms with van der Waals surface area (Å²) >= 11 is 0. The van der Waals surface area contributed by atoms with Gasteiger partial charge in [0, 0.05) is 13.2 Å². The Morgan fingerprint density at radius 3 is 2.55 bits per heavy atom. The van der Waals surface area contributed by atoms with E-state index >= 15 is 0 Å². The van der Waals surface area contributed by atoms with Crippen LogP contribution in [0.3, 0.4) is 0 Å². The quantitative estimate of drug-likeness (QED) is 0.899. The number of hydrogen-bond acceptors (Lipinski definition) is 3. The zero-order valence-corrected chi connectivity index (χ0v) is 12.7. The summed E-state index contributed by atoms with van der Waals surface area (Å²) < 4.78 is 1.63. The molecule has 20 heavy (non-hydrogen) atoms. The largest absolute Gasteiger partial charge is 0.340 e. The highest BCUT2D eigenvalue weighted by Gasteiger charge is 2.48. The van der Waals surface area contributed by atoms with Crippen molar-refractivity contribution in [1.82, 2.24) is 15.1 Å². The predicted molar refractivity (Wildman–Crippen MR) is 76.2 cm³/mol. The highest BCUT2D eigenvalue weighted by atomic mass is 16.2. The molecule has 6 heteroatoms. The van der Waals surface area contributed by atoms with Gasteiger partial charge >= 0.3 is 0 Å². The molecule has 1 aromatic heterocycles. The van der Waals surface area contributed by atoms with E-state index in [2.05, 4.69) is 10.4 Å². The molecule has 6 nitrogen and oxygen atoms in total. The van der Waals surface area contributed by atoms with E-state index < -0.39 is 11.6 Å². The number of hydrogen-bond donors (Lipinski definition) is 1. The van der Waals surface area contributed by atoms with Crippen LogP contribution in [0.25, 0.3) is 0 Å². The molecule has 0 aromatic carbocycles. The molecule has 2 rings (SSSR count). The maximum atomic E-state index is 12.8. The standard InChI is InChI=1S/C14H22N4O2/c1-6-14(4)13(20)18(10-7-15-17(5)8-10)11(9(2)3)12(19)16-14/h7-9,11H,6H2,1-5H3,(H,16,19).